The first-order chi connectivity index (χ1) is 8.65. The molecule has 2 aromatic rings. The Morgan fingerprint density at radius 1 is 1.50 bits per heavy atom. The van der Waals surface area contributed by atoms with E-state index >= 15 is 0 Å². The van der Waals surface area contributed by atoms with Gasteiger partial charge in [0.1, 0.15) is 10.6 Å². The van der Waals surface area contributed by atoms with E-state index in [1.54, 1.807) is 11.3 Å². The number of likely N-dealkylation sites (N-methyl/N-ethyl adjacent to an activating group) is 1. The molecule has 3 heterocycles. The van der Waals surface area contributed by atoms with Gasteiger partial charge in [-0.15, -0.1) is 11.3 Å². The molecule has 0 aliphatic carbocycles. The average molecular weight is 264 g/mol. The molecule has 1 aliphatic heterocycles. The summed E-state index contributed by atoms with van der Waals surface area (Å²) in [6, 6.07) is 2.50. The fraction of sp³-hybridized carbons (Fsp3) is 0.500. The molecule has 0 bridgehead atoms. The lowest BCUT2D eigenvalue weighted by molar-refractivity contribution is 0.193. The number of anilines is 2. The van der Waals surface area contributed by atoms with Crippen molar-refractivity contribution in [2.75, 3.05) is 30.9 Å². The highest BCUT2D eigenvalue weighted by Crippen LogP contribution is 2.32. The molecule has 18 heavy (non-hydrogen) atoms. The van der Waals surface area contributed by atoms with Gasteiger partial charge < -0.3 is 15.4 Å². The van der Waals surface area contributed by atoms with E-state index in [1.165, 1.54) is 4.88 Å². The van der Waals surface area contributed by atoms with Crippen LogP contribution in [0, 0.1) is 6.92 Å². The van der Waals surface area contributed by atoms with Crippen LogP contribution in [0.5, 0.6) is 0 Å². The minimum absolute atomic E-state index is 0.338. The molecule has 0 amide bonds. The number of rotatable bonds is 2. The molecular weight excluding hydrogens is 248 g/mol. The lowest BCUT2D eigenvalue weighted by atomic mass is 10.2. The zero-order valence-electron chi connectivity index (χ0n) is 10.5. The van der Waals surface area contributed by atoms with E-state index in [-0.39, 0.29) is 0 Å². The molecule has 3 rings (SSSR count). The number of hydrogen-bond donors (Lipinski definition) is 1. The number of thiophene rings is 1. The van der Waals surface area contributed by atoms with Crippen LogP contribution >= 0.6 is 11.3 Å². The Morgan fingerprint density at radius 2 is 2.33 bits per heavy atom. The Kier molecular flexibility index (Phi) is 2.83. The molecular formula is C12H16N4OS. The van der Waals surface area contributed by atoms with Crippen LogP contribution in [0.2, 0.25) is 0 Å². The summed E-state index contributed by atoms with van der Waals surface area (Å²) in [6.45, 7) is 3.65. The van der Waals surface area contributed by atoms with E-state index in [0.717, 1.165) is 35.7 Å². The monoisotopic (exact) mass is 264 g/mol. The first-order valence-electron chi connectivity index (χ1n) is 5.99. The third-order valence-electron chi connectivity index (χ3n) is 3.30. The van der Waals surface area contributed by atoms with Gasteiger partial charge >= 0.3 is 0 Å². The third-order valence-corrected chi connectivity index (χ3v) is 4.24. The number of nitrogens with two attached hydrogens (primary N) is 1. The predicted octanol–water partition coefficient (Wildman–Crippen LogP) is 1.81. The smallest absolute Gasteiger partial charge is 0.223 e. The first-order valence-corrected chi connectivity index (χ1v) is 6.81. The van der Waals surface area contributed by atoms with Crippen LogP contribution in [-0.4, -0.2) is 36.3 Å². The molecule has 1 unspecified atom stereocenters. The zero-order valence-corrected chi connectivity index (χ0v) is 11.3. The Bertz CT molecular complexity index is 577. The number of aryl methyl sites for hydroxylation is 1. The molecule has 0 aromatic carbocycles. The molecule has 6 heteroatoms. The molecule has 5 nitrogen and oxygen atoms in total. The van der Waals surface area contributed by atoms with Crippen molar-refractivity contribution in [3.05, 3.63) is 10.9 Å². The van der Waals surface area contributed by atoms with Crippen molar-refractivity contribution in [2.45, 2.75) is 19.4 Å². The Hall–Kier alpha value is -1.40. The second kappa shape index (κ2) is 4.37. The SMILES string of the molecule is Cc1cc2c(N(C)C3CCOC3)nc(N)nc2s1. The van der Waals surface area contributed by atoms with Crippen LogP contribution in [0.15, 0.2) is 6.07 Å². The van der Waals surface area contributed by atoms with E-state index in [2.05, 4.69) is 27.9 Å². The number of fused-ring (bicyclic) bond motifs is 1. The minimum Gasteiger partial charge on any atom is -0.379 e. The highest BCUT2D eigenvalue weighted by Gasteiger charge is 2.23. The van der Waals surface area contributed by atoms with Gasteiger partial charge in [0.05, 0.1) is 18.0 Å². The predicted molar refractivity (Wildman–Crippen MR) is 74.2 cm³/mol. The normalized spacial score (nSPS) is 19.6. The van der Waals surface area contributed by atoms with Gasteiger partial charge in [0.25, 0.3) is 0 Å². The molecule has 2 aromatic heterocycles. The second-order valence-electron chi connectivity index (χ2n) is 4.61. The van der Waals surface area contributed by atoms with Gasteiger partial charge in [0.2, 0.25) is 5.95 Å². The van der Waals surface area contributed by atoms with Crippen molar-refractivity contribution in [1.82, 2.24) is 9.97 Å². The summed E-state index contributed by atoms with van der Waals surface area (Å²) in [6.07, 6.45) is 1.03. The van der Waals surface area contributed by atoms with Gasteiger partial charge in [0.15, 0.2) is 0 Å². The summed E-state index contributed by atoms with van der Waals surface area (Å²) in [5.41, 5.74) is 5.80. The molecule has 1 fully saturated rings. The Balaban J connectivity index is 2.08. The quantitative estimate of drug-likeness (QED) is 0.896. The molecule has 0 radical (unpaired) electrons. The maximum Gasteiger partial charge on any atom is 0.223 e. The van der Waals surface area contributed by atoms with Crippen molar-refractivity contribution in [3.8, 4) is 0 Å². The van der Waals surface area contributed by atoms with Gasteiger partial charge in [-0.2, -0.15) is 4.98 Å². The lowest BCUT2D eigenvalue weighted by Crippen LogP contribution is -2.32. The summed E-state index contributed by atoms with van der Waals surface area (Å²) < 4.78 is 5.43. The standard InChI is InChI=1S/C12H16N4OS/c1-7-5-9-10(14-12(13)15-11(9)18-7)16(2)8-3-4-17-6-8/h5,8H,3-4,6H2,1-2H3,(H2,13,14,15). The van der Waals surface area contributed by atoms with Crippen LogP contribution < -0.4 is 10.6 Å². The molecule has 0 saturated carbocycles. The van der Waals surface area contributed by atoms with Crippen molar-refractivity contribution in [1.29, 1.82) is 0 Å². The molecule has 96 valence electrons. The van der Waals surface area contributed by atoms with Crippen molar-refractivity contribution >= 4 is 33.3 Å². The van der Waals surface area contributed by atoms with E-state index in [9.17, 15) is 0 Å². The van der Waals surface area contributed by atoms with Crippen LogP contribution in [0.25, 0.3) is 10.2 Å². The number of nitrogen functional groups attached to an aromatic ring is 1. The van der Waals surface area contributed by atoms with E-state index in [0.29, 0.717) is 12.0 Å². The van der Waals surface area contributed by atoms with Gasteiger partial charge in [-0.25, -0.2) is 4.98 Å². The zero-order chi connectivity index (χ0) is 12.7. The highest BCUT2D eigenvalue weighted by molar-refractivity contribution is 7.18. The number of aromatic nitrogens is 2. The third kappa shape index (κ3) is 1.91. The maximum atomic E-state index is 5.80. The van der Waals surface area contributed by atoms with Crippen LogP contribution in [0.1, 0.15) is 11.3 Å². The molecule has 1 saturated heterocycles. The van der Waals surface area contributed by atoms with Gasteiger partial charge in [-0.05, 0) is 19.4 Å². The van der Waals surface area contributed by atoms with Crippen LogP contribution in [0.3, 0.4) is 0 Å². The minimum atomic E-state index is 0.338. The van der Waals surface area contributed by atoms with Crippen molar-refractivity contribution in [2.24, 2.45) is 0 Å². The molecule has 2 N–H and O–H groups in total. The number of hydrogen-bond acceptors (Lipinski definition) is 6. The summed E-state index contributed by atoms with van der Waals surface area (Å²) in [4.78, 5) is 13.0. The fourth-order valence-electron chi connectivity index (χ4n) is 2.31. The molecule has 1 aliphatic rings. The Labute approximate surface area is 110 Å². The van der Waals surface area contributed by atoms with Crippen molar-refractivity contribution in [3.63, 3.8) is 0 Å². The average Bonchev–Trinajstić information content (AvgIpc) is 2.94. The summed E-state index contributed by atoms with van der Waals surface area (Å²) >= 11 is 1.65. The second-order valence-corrected chi connectivity index (χ2v) is 5.84. The lowest BCUT2D eigenvalue weighted by Gasteiger charge is -2.24. The maximum absolute atomic E-state index is 5.80. The molecule has 1 atom stereocenters. The van der Waals surface area contributed by atoms with E-state index < -0.39 is 0 Å². The molecule has 0 spiro atoms. The summed E-state index contributed by atoms with van der Waals surface area (Å²) in [5.74, 6) is 1.25. The van der Waals surface area contributed by atoms with E-state index in [1.807, 2.05) is 7.05 Å². The van der Waals surface area contributed by atoms with Gasteiger partial charge in [-0.3, -0.25) is 0 Å². The van der Waals surface area contributed by atoms with Crippen LogP contribution in [-0.2, 0) is 4.74 Å². The highest BCUT2D eigenvalue weighted by atomic mass is 32.1. The topological polar surface area (TPSA) is 64.3 Å². The largest absolute Gasteiger partial charge is 0.379 e. The number of nitrogens with zero attached hydrogens (tertiary/aromatic N) is 3. The fourth-order valence-corrected chi connectivity index (χ4v) is 3.19. The van der Waals surface area contributed by atoms with E-state index in [4.69, 9.17) is 10.5 Å². The summed E-state index contributed by atoms with van der Waals surface area (Å²) in [7, 11) is 2.05. The summed E-state index contributed by atoms with van der Waals surface area (Å²) in [5, 5.41) is 1.08. The van der Waals surface area contributed by atoms with Crippen molar-refractivity contribution < 1.29 is 4.74 Å². The van der Waals surface area contributed by atoms with Gasteiger partial charge in [0, 0.05) is 18.5 Å². The first kappa shape index (κ1) is 11.7. The Morgan fingerprint density at radius 3 is 3.06 bits per heavy atom. The van der Waals surface area contributed by atoms with Crippen LogP contribution in [0.4, 0.5) is 11.8 Å². The van der Waals surface area contributed by atoms with Gasteiger partial charge in [-0.1, -0.05) is 0 Å². The number of ether oxygens (including phenoxy) is 1.